The topological polar surface area (TPSA) is 41.6 Å². The zero-order valence-electron chi connectivity index (χ0n) is 12.4. The fourth-order valence-electron chi connectivity index (χ4n) is 3.09. The molecule has 2 fully saturated rings. The molecule has 0 aromatic heterocycles. The van der Waals surface area contributed by atoms with Gasteiger partial charge in [-0.25, -0.2) is 0 Å². The maximum atomic E-state index is 12.1. The van der Waals surface area contributed by atoms with Crippen LogP contribution in [-0.4, -0.2) is 50.2 Å². The van der Waals surface area contributed by atoms with Crippen LogP contribution in [0.5, 0.6) is 0 Å². The molecule has 1 amide bonds. The first-order chi connectivity index (χ1) is 9.11. The Morgan fingerprint density at radius 2 is 2.05 bits per heavy atom. The van der Waals surface area contributed by atoms with Crippen LogP contribution in [0.15, 0.2) is 0 Å². The average molecular weight is 268 g/mol. The summed E-state index contributed by atoms with van der Waals surface area (Å²) in [6.45, 7) is 9.74. The van der Waals surface area contributed by atoms with Crippen molar-refractivity contribution >= 4 is 5.91 Å². The molecule has 1 N–H and O–H groups in total. The molecule has 0 bridgehead atoms. The second kappa shape index (κ2) is 6.71. The molecule has 1 spiro atoms. The van der Waals surface area contributed by atoms with Crippen molar-refractivity contribution in [1.82, 2.24) is 10.2 Å². The van der Waals surface area contributed by atoms with E-state index in [1.54, 1.807) is 0 Å². The number of amides is 1. The number of hydrogen-bond donors (Lipinski definition) is 1. The van der Waals surface area contributed by atoms with E-state index in [-0.39, 0.29) is 5.91 Å². The fraction of sp³-hybridized carbons (Fsp3) is 0.933. The standard InChI is InChI=1S/C15H28N2O2/c1-13(2)11-19-10-3-14(18)17-8-5-15(6-9-17)4-7-16-12-15/h13,16H,3-12H2,1-2H3. The van der Waals surface area contributed by atoms with Crippen LogP contribution in [0, 0.1) is 11.3 Å². The maximum absolute atomic E-state index is 12.1. The molecule has 2 saturated heterocycles. The number of piperidine rings is 1. The molecule has 0 radical (unpaired) electrons. The van der Waals surface area contributed by atoms with E-state index in [2.05, 4.69) is 19.2 Å². The van der Waals surface area contributed by atoms with Crippen LogP contribution in [0.4, 0.5) is 0 Å². The third-order valence-electron chi connectivity index (χ3n) is 4.42. The van der Waals surface area contributed by atoms with Crippen molar-refractivity contribution in [2.45, 2.75) is 39.5 Å². The van der Waals surface area contributed by atoms with E-state index < -0.39 is 0 Å². The Bertz CT molecular complexity index is 289. The van der Waals surface area contributed by atoms with Crippen molar-refractivity contribution in [3.63, 3.8) is 0 Å². The van der Waals surface area contributed by atoms with E-state index in [0.29, 0.717) is 24.4 Å². The third kappa shape index (κ3) is 4.18. The van der Waals surface area contributed by atoms with Gasteiger partial charge in [0.1, 0.15) is 0 Å². The highest BCUT2D eigenvalue weighted by Gasteiger charge is 2.37. The van der Waals surface area contributed by atoms with Gasteiger partial charge in [0.2, 0.25) is 5.91 Å². The third-order valence-corrected chi connectivity index (χ3v) is 4.42. The predicted octanol–water partition coefficient (Wildman–Crippen LogP) is 1.65. The Hall–Kier alpha value is -0.610. The number of ether oxygens (including phenoxy) is 1. The Balaban J connectivity index is 1.65. The Kier molecular flexibility index (Phi) is 5.22. The highest BCUT2D eigenvalue weighted by molar-refractivity contribution is 5.76. The lowest BCUT2D eigenvalue weighted by atomic mass is 9.78. The van der Waals surface area contributed by atoms with Crippen molar-refractivity contribution in [1.29, 1.82) is 0 Å². The quantitative estimate of drug-likeness (QED) is 0.771. The Morgan fingerprint density at radius 3 is 2.63 bits per heavy atom. The minimum atomic E-state index is 0.268. The van der Waals surface area contributed by atoms with Gasteiger partial charge < -0.3 is 15.0 Å². The number of likely N-dealkylation sites (tertiary alicyclic amines) is 1. The maximum Gasteiger partial charge on any atom is 0.224 e. The number of rotatable bonds is 5. The number of carbonyl (C=O) groups is 1. The van der Waals surface area contributed by atoms with Crippen LogP contribution in [0.2, 0.25) is 0 Å². The molecule has 0 saturated carbocycles. The first-order valence-electron chi connectivity index (χ1n) is 7.68. The largest absolute Gasteiger partial charge is 0.381 e. The van der Waals surface area contributed by atoms with Gasteiger partial charge in [-0.1, -0.05) is 13.8 Å². The van der Waals surface area contributed by atoms with Gasteiger partial charge in [0.15, 0.2) is 0 Å². The molecule has 110 valence electrons. The van der Waals surface area contributed by atoms with Gasteiger partial charge in [-0.3, -0.25) is 4.79 Å². The van der Waals surface area contributed by atoms with E-state index in [9.17, 15) is 4.79 Å². The lowest BCUT2D eigenvalue weighted by Crippen LogP contribution is -2.44. The van der Waals surface area contributed by atoms with E-state index >= 15 is 0 Å². The van der Waals surface area contributed by atoms with Crippen molar-refractivity contribution in [3.05, 3.63) is 0 Å². The molecule has 4 heteroatoms. The molecule has 19 heavy (non-hydrogen) atoms. The molecular weight excluding hydrogens is 240 g/mol. The number of nitrogens with one attached hydrogen (secondary N) is 1. The summed E-state index contributed by atoms with van der Waals surface area (Å²) in [5.41, 5.74) is 0.491. The van der Waals surface area contributed by atoms with Crippen molar-refractivity contribution in [2.75, 3.05) is 39.4 Å². The van der Waals surface area contributed by atoms with Gasteiger partial charge in [-0.05, 0) is 37.1 Å². The fourth-order valence-corrected chi connectivity index (χ4v) is 3.09. The molecule has 2 aliphatic heterocycles. The summed E-state index contributed by atoms with van der Waals surface area (Å²) in [4.78, 5) is 14.1. The second-order valence-corrected chi connectivity index (χ2v) is 6.53. The summed E-state index contributed by atoms with van der Waals surface area (Å²) >= 11 is 0. The Morgan fingerprint density at radius 1 is 1.32 bits per heavy atom. The lowest BCUT2D eigenvalue weighted by Gasteiger charge is -2.39. The molecule has 2 heterocycles. The summed E-state index contributed by atoms with van der Waals surface area (Å²) in [5, 5.41) is 3.46. The number of hydrogen-bond acceptors (Lipinski definition) is 3. The van der Waals surface area contributed by atoms with Crippen molar-refractivity contribution in [3.8, 4) is 0 Å². The average Bonchev–Trinajstić information content (AvgIpc) is 2.83. The van der Waals surface area contributed by atoms with E-state index in [0.717, 1.165) is 32.8 Å². The van der Waals surface area contributed by atoms with Gasteiger partial charge in [0.25, 0.3) is 0 Å². The van der Waals surface area contributed by atoms with Crippen molar-refractivity contribution in [2.24, 2.45) is 11.3 Å². The monoisotopic (exact) mass is 268 g/mol. The van der Waals surface area contributed by atoms with Crippen LogP contribution in [-0.2, 0) is 9.53 Å². The molecule has 0 aromatic rings. The summed E-state index contributed by atoms with van der Waals surface area (Å²) in [6.07, 6.45) is 4.15. The van der Waals surface area contributed by atoms with Gasteiger partial charge in [-0.15, -0.1) is 0 Å². The molecule has 0 aromatic carbocycles. The summed E-state index contributed by atoms with van der Waals surface area (Å²) < 4.78 is 5.49. The SMILES string of the molecule is CC(C)COCCC(=O)N1CCC2(CCNC2)CC1. The zero-order valence-corrected chi connectivity index (χ0v) is 12.4. The molecule has 4 nitrogen and oxygen atoms in total. The summed E-state index contributed by atoms with van der Waals surface area (Å²) in [5.74, 6) is 0.810. The minimum absolute atomic E-state index is 0.268. The molecule has 2 aliphatic rings. The van der Waals surface area contributed by atoms with Crippen LogP contribution in [0.25, 0.3) is 0 Å². The second-order valence-electron chi connectivity index (χ2n) is 6.53. The minimum Gasteiger partial charge on any atom is -0.381 e. The molecular formula is C15H28N2O2. The number of nitrogens with zero attached hydrogens (tertiary/aromatic N) is 1. The summed E-state index contributed by atoms with van der Waals surface area (Å²) in [6, 6.07) is 0. The van der Waals surface area contributed by atoms with Gasteiger partial charge in [-0.2, -0.15) is 0 Å². The zero-order chi connectivity index (χ0) is 13.7. The number of carbonyl (C=O) groups excluding carboxylic acids is 1. The van der Waals surface area contributed by atoms with E-state index in [1.807, 2.05) is 4.90 Å². The molecule has 0 unspecified atom stereocenters. The van der Waals surface area contributed by atoms with Crippen LogP contribution in [0.3, 0.4) is 0 Å². The van der Waals surface area contributed by atoms with Crippen LogP contribution >= 0.6 is 0 Å². The highest BCUT2D eigenvalue weighted by atomic mass is 16.5. The van der Waals surface area contributed by atoms with Crippen LogP contribution < -0.4 is 5.32 Å². The molecule has 0 aliphatic carbocycles. The smallest absolute Gasteiger partial charge is 0.224 e. The normalized spacial score (nSPS) is 22.4. The van der Waals surface area contributed by atoms with Gasteiger partial charge >= 0.3 is 0 Å². The Labute approximate surface area is 116 Å². The highest BCUT2D eigenvalue weighted by Crippen LogP contribution is 2.36. The van der Waals surface area contributed by atoms with E-state index in [1.165, 1.54) is 19.3 Å². The predicted molar refractivity (Wildman–Crippen MR) is 76.0 cm³/mol. The first kappa shape index (κ1) is 14.8. The van der Waals surface area contributed by atoms with E-state index in [4.69, 9.17) is 4.74 Å². The molecule has 0 atom stereocenters. The molecule has 2 rings (SSSR count). The first-order valence-corrected chi connectivity index (χ1v) is 7.68. The van der Waals surface area contributed by atoms with Crippen molar-refractivity contribution < 1.29 is 9.53 Å². The van der Waals surface area contributed by atoms with Crippen LogP contribution in [0.1, 0.15) is 39.5 Å². The summed E-state index contributed by atoms with van der Waals surface area (Å²) in [7, 11) is 0. The lowest BCUT2D eigenvalue weighted by molar-refractivity contribution is -0.134. The van der Waals surface area contributed by atoms with Gasteiger partial charge in [0, 0.05) is 26.2 Å². The van der Waals surface area contributed by atoms with Gasteiger partial charge in [0.05, 0.1) is 13.0 Å².